The molecule has 152 valence electrons. The second-order valence-corrected chi connectivity index (χ2v) is 9.21. The van der Waals surface area contributed by atoms with Gasteiger partial charge in [-0.2, -0.15) is 0 Å². The fraction of sp³-hybridized carbons (Fsp3) is 0.423. The first kappa shape index (κ1) is 19.8. The highest BCUT2D eigenvalue weighted by Crippen LogP contribution is 2.68. The molecule has 2 aromatic rings. The van der Waals surface area contributed by atoms with Gasteiger partial charge in [-0.05, 0) is 88.6 Å². The Morgan fingerprint density at radius 3 is 2.34 bits per heavy atom. The number of carbonyl (C=O) groups is 1. The number of rotatable bonds is 4. The standard InChI is InChI=1S/C26H30O3/c1-16-7-9-19(28-5)15-21(16)20-10-8-17(24(27)29-6)13-22(20)23-14-18-11-12-26(23,4)25(18,2)3/h7-10,13-15,18H,11-12H2,1-6H3. The average molecular weight is 391 g/mol. The maximum atomic E-state index is 12.3. The Bertz CT molecular complexity index is 1010. The van der Waals surface area contributed by atoms with Crippen LogP contribution in [-0.2, 0) is 4.74 Å². The summed E-state index contributed by atoms with van der Waals surface area (Å²) in [5.74, 6) is 1.11. The Kier molecular flexibility index (Phi) is 4.60. The van der Waals surface area contributed by atoms with Gasteiger partial charge >= 0.3 is 5.97 Å². The molecule has 29 heavy (non-hydrogen) atoms. The predicted molar refractivity (Wildman–Crippen MR) is 117 cm³/mol. The van der Waals surface area contributed by atoms with Crippen LogP contribution in [0, 0.1) is 23.7 Å². The number of fused-ring (bicyclic) bond motifs is 2. The summed E-state index contributed by atoms with van der Waals surface area (Å²) in [4.78, 5) is 12.3. The molecule has 0 heterocycles. The molecule has 0 aliphatic heterocycles. The lowest BCUT2D eigenvalue weighted by Gasteiger charge is -2.38. The Hall–Kier alpha value is -2.55. The van der Waals surface area contributed by atoms with Crippen LogP contribution in [0.25, 0.3) is 16.7 Å². The number of benzene rings is 2. The highest BCUT2D eigenvalue weighted by molar-refractivity contribution is 5.94. The van der Waals surface area contributed by atoms with E-state index in [-0.39, 0.29) is 16.8 Å². The lowest BCUT2D eigenvalue weighted by atomic mass is 9.65. The van der Waals surface area contributed by atoms with E-state index < -0.39 is 0 Å². The molecule has 3 heteroatoms. The van der Waals surface area contributed by atoms with Crippen LogP contribution in [0.1, 0.15) is 55.1 Å². The summed E-state index contributed by atoms with van der Waals surface area (Å²) >= 11 is 0. The van der Waals surface area contributed by atoms with Gasteiger partial charge in [-0.15, -0.1) is 0 Å². The van der Waals surface area contributed by atoms with Crippen LogP contribution in [0.3, 0.4) is 0 Å². The van der Waals surface area contributed by atoms with E-state index in [2.05, 4.69) is 52.0 Å². The second kappa shape index (κ2) is 6.76. The second-order valence-electron chi connectivity index (χ2n) is 9.21. The van der Waals surface area contributed by atoms with Gasteiger partial charge in [0.1, 0.15) is 5.75 Å². The van der Waals surface area contributed by atoms with Gasteiger partial charge in [-0.3, -0.25) is 0 Å². The van der Waals surface area contributed by atoms with Crippen molar-refractivity contribution in [1.82, 2.24) is 0 Å². The number of carbonyl (C=O) groups excluding carboxylic acids is 1. The van der Waals surface area contributed by atoms with E-state index in [1.807, 2.05) is 18.2 Å². The van der Waals surface area contributed by atoms with Crippen molar-refractivity contribution in [2.45, 2.75) is 40.5 Å². The molecule has 0 radical (unpaired) electrons. The van der Waals surface area contributed by atoms with Crippen molar-refractivity contribution in [2.24, 2.45) is 16.7 Å². The van der Waals surface area contributed by atoms with Crippen LogP contribution < -0.4 is 4.74 Å². The average Bonchev–Trinajstić information content (AvgIpc) is 3.06. The summed E-state index contributed by atoms with van der Waals surface area (Å²) in [5, 5.41) is 0. The van der Waals surface area contributed by atoms with Crippen molar-refractivity contribution in [3.05, 3.63) is 59.2 Å². The quantitative estimate of drug-likeness (QED) is 0.575. The first-order valence-corrected chi connectivity index (χ1v) is 10.3. The number of hydrogen-bond acceptors (Lipinski definition) is 3. The van der Waals surface area contributed by atoms with Gasteiger partial charge in [-0.1, -0.05) is 39.0 Å². The van der Waals surface area contributed by atoms with Crippen LogP contribution in [0.2, 0.25) is 0 Å². The minimum Gasteiger partial charge on any atom is -0.497 e. The van der Waals surface area contributed by atoms with E-state index in [4.69, 9.17) is 9.47 Å². The van der Waals surface area contributed by atoms with E-state index >= 15 is 0 Å². The van der Waals surface area contributed by atoms with E-state index in [9.17, 15) is 4.79 Å². The molecule has 2 unspecified atom stereocenters. The molecule has 0 saturated heterocycles. The van der Waals surface area contributed by atoms with E-state index in [1.54, 1.807) is 7.11 Å². The van der Waals surface area contributed by atoms with Crippen molar-refractivity contribution in [3.63, 3.8) is 0 Å². The lowest BCUT2D eigenvalue weighted by molar-refractivity contribution is 0.0600. The topological polar surface area (TPSA) is 35.5 Å². The summed E-state index contributed by atoms with van der Waals surface area (Å²) < 4.78 is 10.5. The number of methoxy groups -OCH3 is 2. The summed E-state index contributed by atoms with van der Waals surface area (Å²) in [5.41, 5.74) is 6.87. The van der Waals surface area contributed by atoms with E-state index in [1.165, 1.54) is 31.1 Å². The third-order valence-electron chi connectivity index (χ3n) is 7.73. The largest absolute Gasteiger partial charge is 0.497 e. The Morgan fingerprint density at radius 1 is 1.00 bits per heavy atom. The van der Waals surface area contributed by atoms with Crippen LogP contribution >= 0.6 is 0 Å². The van der Waals surface area contributed by atoms with Crippen LogP contribution in [0.5, 0.6) is 5.75 Å². The van der Waals surface area contributed by atoms with Gasteiger partial charge in [0.05, 0.1) is 19.8 Å². The first-order valence-electron chi connectivity index (χ1n) is 10.3. The Balaban J connectivity index is 1.95. The van der Waals surface area contributed by atoms with Crippen LogP contribution in [0.4, 0.5) is 0 Å². The fourth-order valence-corrected chi connectivity index (χ4v) is 5.35. The number of ether oxygens (including phenoxy) is 2. The molecular formula is C26H30O3. The molecule has 0 amide bonds. The summed E-state index contributed by atoms with van der Waals surface area (Å²) in [6, 6.07) is 12.1. The van der Waals surface area contributed by atoms with Crippen molar-refractivity contribution in [2.75, 3.05) is 14.2 Å². The predicted octanol–water partition coefficient (Wildman–Crippen LogP) is 6.30. The molecule has 1 saturated carbocycles. The zero-order valence-corrected chi connectivity index (χ0v) is 18.3. The molecule has 2 atom stereocenters. The van der Waals surface area contributed by atoms with Gasteiger partial charge in [0, 0.05) is 0 Å². The van der Waals surface area contributed by atoms with Crippen molar-refractivity contribution in [3.8, 4) is 16.9 Å². The third-order valence-corrected chi connectivity index (χ3v) is 7.73. The monoisotopic (exact) mass is 390 g/mol. The maximum absolute atomic E-state index is 12.3. The normalized spacial score (nSPS) is 24.3. The number of hydrogen-bond donors (Lipinski definition) is 0. The molecule has 4 rings (SSSR count). The first-order chi connectivity index (χ1) is 13.7. The van der Waals surface area contributed by atoms with Crippen molar-refractivity contribution < 1.29 is 14.3 Å². The highest BCUT2D eigenvalue weighted by atomic mass is 16.5. The van der Waals surface area contributed by atoms with Gasteiger partial charge in [0.2, 0.25) is 0 Å². The van der Waals surface area contributed by atoms with Gasteiger partial charge in [0.25, 0.3) is 0 Å². The lowest BCUT2D eigenvalue weighted by Crippen LogP contribution is -2.29. The molecule has 1 fully saturated rings. The Labute approximate surface area is 173 Å². The van der Waals surface area contributed by atoms with E-state index in [0.29, 0.717) is 11.5 Å². The minimum atomic E-state index is -0.298. The molecule has 0 N–H and O–H groups in total. The smallest absolute Gasteiger partial charge is 0.337 e. The molecule has 0 spiro atoms. The molecule has 2 aliphatic rings. The number of aryl methyl sites for hydroxylation is 1. The zero-order chi connectivity index (χ0) is 21.0. The summed E-state index contributed by atoms with van der Waals surface area (Å²) in [7, 11) is 3.13. The summed E-state index contributed by atoms with van der Waals surface area (Å²) in [6.07, 6.45) is 4.87. The zero-order valence-electron chi connectivity index (χ0n) is 18.3. The molecular weight excluding hydrogens is 360 g/mol. The Morgan fingerprint density at radius 2 is 1.76 bits per heavy atom. The molecule has 2 bridgehead atoms. The molecule has 0 aromatic heterocycles. The fourth-order valence-electron chi connectivity index (χ4n) is 5.35. The van der Waals surface area contributed by atoms with Crippen LogP contribution in [-0.4, -0.2) is 20.2 Å². The van der Waals surface area contributed by atoms with E-state index in [0.717, 1.165) is 22.4 Å². The third kappa shape index (κ3) is 2.82. The molecule has 3 nitrogen and oxygen atoms in total. The number of allylic oxidation sites excluding steroid dienone is 2. The summed E-state index contributed by atoms with van der Waals surface area (Å²) in [6.45, 7) is 9.27. The maximum Gasteiger partial charge on any atom is 0.337 e. The van der Waals surface area contributed by atoms with Crippen LogP contribution in [0.15, 0.2) is 42.5 Å². The van der Waals surface area contributed by atoms with Gasteiger partial charge in [-0.25, -0.2) is 4.79 Å². The number of esters is 1. The highest BCUT2D eigenvalue weighted by Gasteiger charge is 2.57. The molecule has 2 aliphatic carbocycles. The van der Waals surface area contributed by atoms with Crippen molar-refractivity contribution in [1.29, 1.82) is 0 Å². The SMILES string of the molecule is COC(=O)c1ccc(-c2cc(OC)ccc2C)c(C2=CC3CCC2(C)C3(C)C)c1. The minimum absolute atomic E-state index is 0.0912. The molecule has 2 aromatic carbocycles. The van der Waals surface area contributed by atoms with Gasteiger partial charge in [0.15, 0.2) is 0 Å². The van der Waals surface area contributed by atoms with Crippen molar-refractivity contribution >= 4 is 11.5 Å². The van der Waals surface area contributed by atoms with Gasteiger partial charge < -0.3 is 9.47 Å².